The molecule has 1 aromatic heterocycles. The van der Waals surface area contributed by atoms with E-state index in [2.05, 4.69) is 48.5 Å². The second-order valence-corrected chi connectivity index (χ2v) is 5.20. The molecule has 1 aromatic carbocycles. The average molecular weight is 248 g/mol. The number of aromatic amines is 1. The van der Waals surface area contributed by atoms with E-state index in [9.17, 15) is 0 Å². The highest BCUT2D eigenvalue weighted by Gasteiger charge is 2.10. The molecule has 2 nitrogen and oxygen atoms in total. The summed E-state index contributed by atoms with van der Waals surface area (Å²) in [6, 6.07) is 6.94. The molecule has 92 valence electrons. The number of aryl methyl sites for hydroxylation is 1. The second kappa shape index (κ2) is 5.05. The van der Waals surface area contributed by atoms with Crippen molar-refractivity contribution in [3.63, 3.8) is 0 Å². The van der Waals surface area contributed by atoms with Gasteiger partial charge in [-0.05, 0) is 50.2 Å². The predicted octanol–water partition coefficient (Wildman–Crippen LogP) is 4.76. The van der Waals surface area contributed by atoms with E-state index in [1.54, 1.807) is 0 Å². The Labute approximate surface area is 108 Å². The normalized spacial score (nSPS) is 13.1. The van der Waals surface area contributed by atoms with Gasteiger partial charge in [-0.3, -0.25) is 0 Å². The topological polar surface area (TPSA) is 20.7 Å². The average Bonchev–Trinajstić information content (AvgIpc) is 2.61. The Morgan fingerprint density at radius 2 is 2.18 bits per heavy atom. The molecule has 2 aromatic rings. The van der Waals surface area contributed by atoms with Crippen LogP contribution in [0.4, 0.5) is 0 Å². The molecule has 0 aliphatic rings. The summed E-state index contributed by atoms with van der Waals surface area (Å²) in [4.78, 5) is 3.30. The minimum absolute atomic E-state index is 0.471. The number of imidazole rings is 1. The maximum atomic E-state index is 5.43. The van der Waals surface area contributed by atoms with Gasteiger partial charge in [-0.1, -0.05) is 25.8 Å². The molecule has 3 heteroatoms. The van der Waals surface area contributed by atoms with Crippen LogP contribution < -0.4 is 0 Å². The third-order valence-electron chi connectivity index (χ3n) is 3.29. The fraction of sp³-hybridized carbons (Fsp3) is 0.500. The first-order valence-corrected chi connectivity index (χ1v) is 6.75. The highest BCUT2D eigenvalue weighted by molar-refractivity contribution is 7.71. The molecule has 1 heterocycles. The first-order chi connectivity index (χ1) is 8.13. The molecule has 0 radical (unpaired) electrons. The van der Waals surface area contributed by atoms with Crippen LogP contribution in [0.5, 0.6) is 0 Å². The number of hydrogen-bond donors (Lipinski definition) is 1. The van der Waals surface area contributed by atoms with Gasteiger partial charge in [0.2, 0.25) is 0 Å². The van der Waals surface area contributed by atoms with Gasteiger partial charge in [0.15, 0.2) is 4.77 Å². The number of H-pyrrole nitrogens is 1. The summed E-state index contributed by atoms with van der Waals surface area (Å²) in [6.45, 7) is 6.58. The standard InChI is InChI=1S/C14H20N2S/c1-4-5-6-11(3)16-13-8-7-10(2)9-12(13)15-14(16)17/h7-9,11H,4-6H2,1-3H3,(H,15,17). The second-order valence-electron chi connectivity index (χ2n) is 4.81. The summed E-state index contributed by atoms with van der Waals surface area (Å²) in [5.41, 5.74) is 3.64. The number of aromatic nitrogens is 2. The third kappa shape index (κ3) is 2.44. The van der Waals surface area contributed by atoms with Gasteiger partial charge in [0.25, 0.3) is 0 Å². The maximum absolute atomic E-state index is 5.43. The van der Waals surface area contributed by atoms with Crippen molar-refractivity contribution in [2.75, 3.05) is 0 Å². The fourth-order valence-corrected chi connectivity index (χ4v) is 2.70. The van der Waals surface area contributed by atoms with Crippen molar-refractivity contribution in [3.8, 4) is 0 Å². The first kappa shape index (κ1) is 12.4. The summed E-state index contributed by atoms with van der Waals surface area (Å²) < 4.78 is 3.09. The van der Waals surface area contributed by atoms with Crippen molar-refractivity contribution in [1.82, 2.24) is 9.55 Å². The van der Waals surface area contributed by atoms with Crippen LogP contribution in [0.1, 0.15) is 44.7 Å². The number of unbranched alkanes of at least 4 members (excludes halogenated alkanes) is 1. The molecule has 0 amide bonds. The van der Waals surface area contributed by atoms with E-state index in [1.165, 1.54) is 30.3 Å². The highest BCUT2D eigenvalue weighted by atomic mass is 32.1. The van der Waals surface area contributed by atoms with Crippen molar-refractivity contribution >= 4 is 23.3 Å². The number of nitrogens with zero attached hydrogens (tertiary/aromatic N) is 1. The van der Waals surface area contributed by atoms with Gasteiger partial charge >= 0.3 is 0 Å². The zero-order valence-electron chi connectivity index (χ0n) is 10.8. The lowest BCUT2D eigenvalue weighted by molar-refractivity contribution is 0.491. The Balaban J connectivity index is 2.46. The summed E-state index contributed by atoms with van der Waals surface area (Å²) in [6.07, 6.45) is 3.67. The van der Waals surface area contributed by atoms with E-state index >= 15 is 0 Å². The molecule has 1 unspecified atom stereocenters. The number of rotatable bonds is 4. The number of hydrogen-bond acceptors (Lipinski definition) is 1. The van der Waals surface area contributed by atoms with E-state index in [4.69, 9.17) is 12.2 Å². The minimum atomic E-state index is 0.471. The SMILES string of the molecule is CCCCC(C)n1c(=S)[nH]c2cc(C)ccc21. The molecular weight excluding hydrogens is 228 g/mol. The first-order valence-electron chi connectivity index (χ1n) is 6.34. The van der Waals surface area contributed by atoms with Crippen LogP contribution in [0.2, 0.25) is 0 Å². The van der Waals surface area contributed by atoms with Gasteiger partial charge in [0, 0.05) is 6.04 Å². The molecule has 0 saturated carbocycles. The Morgan fingerprint density at radius 1 is 1.41 bits per heavy atom. The van der Waals surface area contributed by atoms with Crippen LogP contribution in [-0.2, 0) is 0 Å². The number of benzene rings is 1. The Hall–Kier alpha value is -1.09. The highest BCUT2D eigenvalue weighted by Crippen LogP contribution is 2.23. The van der Waals surface area contributed by atoms with Crippen molar-refractivity contribution in [3.05, 3.63) is 28.5 Å². The summed E-state index contributed by atoms with van der Waals surface area (Å²) >= 11 is 5.43. The van der Waals surface area contributed by atoms with Crippen molar-refractivity contribution < 1.29 is 0 Å². The maximum Gasteiger partial charge on any atom is 0.178 e. The summed E-state index contributed by atoms with van der Waals surface area (Å²) in [5, 5.41) is 0. The largest absolute Gasteiger partial charge is 0.331 e. The molecule has 1 N–H and O–H groups in total. The summed E-state index contributed by atoms with van der Waals surface area (Å²) in [5.74, 6) is 0. The van der Waals surface area contributed by atoms with Gasteiger partial charge in [0.1, 0.15) is 0 Å². The Bertz CT molecular complexity index is 565. The van der Waals surface area contributed by atoms with Gasteiger partial charge in [-0.15, -0.1) is 0 Å². The van der Waals surface area contributed by atoms with E-state index in [0.29, 0.717) is 6.04 Å². The van der Waals surface area contributed by atoms with E-state index < -0.39 is 0 Å². The van der Waals surface area contributed by atoms with Gasteiger partial charge in [-0.2, -0.15) is 0 Å². The quantitative estimate of drug-likeness (QED) is 0.774. The van der Waals surface area contributed by atoms with Gasteiger partial charge in [0.05, 0.1) is 11.0 Å². The predicted molar refractivity (Wildman–Crippen MR) is 76.1 cm³/mol. The lowest BCUT2D eigenvalue weighted by Crippen LogP contribution is -2.04. The fourth-order valence-electron chi connectivity index (χ4n) is 2.31. The molecule has 0 spiro atoms. The Morgan fingerprint density at radius 3 is 2.88 bits per heavy atom. The van der Waals surface area contributed by atoms with Gasteiger partial charge < -0.3 is 9.55 Å². The molecule has 2 rings (SSSR count). The molecular formula is C14H20N2S. The van der Waals surface area contributed by atoms with Crippen molar-refractivity contribution in [2.45, 2.75) is 46.1 Å². The van der Waals surface area contributed by atoms with E-state index in [-0.39, 0.29) is 0 Å². The third-order valence-corrected chi connectivity index (χ3v) is 3.59. The molecule has 0 aliphatic heterocycles. The minimum Gasteiger partial charge on any atom is -0.331 e. The zero-order chi connectivity index (χ0) is 12.4. The molecule has 0 fully saturated rings. The van der Waals surface area contributed by atoms with Crippen LogP contribution in [0.15, 0.2) is 18.2 Å². The lowest BCUT2D eigenvalue weighted by atomic mass is 10.1. The van der Waals surface area contributed by atoms with Crippen molar-refractivity contribution in [1.29, 1.82) is 0 Å². The molecule has 0 aliphatic carbocycles. The van der Waals surface area contributed by atoms with Crippen LogP contribution in [-0.4, -0.2) is 9.55 Å². The van der Waals surface area contributed by atoms with E-state index in [0.717, 1.165) is 10.3 Å². The molecule has 1 atom stereocenters. The van der Waals surface area contributed by atoms with Crippen molar-refractivity contribution in [2.24, 2.45) is 0 Å². The lowest BCUT2D eigenvalue weighted by Gasteiger charge is -2.14. The van der Waals surface area contributed by atoms with Crippen LogP contribution in [0.3, 0.4) is 0 Å². The molecule has 0 bridgehead atoms. The zero-order valence-corrected chi connectivity index (χ0v) is 11.6. The smallest absolute Gasteiger partial charge is 0.178 e. The van der Waals surface area contributed by atoms with E-state index in [1.807, 2.05) is 0 Å². The summed E-state index contributed by atoms with van der Waals surface area (Å²) in [7, 11) is 0. The molecule has 0 saturated heterocycles. The van der Waals surface area contributed by atoms with Crippen LogP contribution in [0, 0.1) is 11.7 Å². The van der Waals surface area contributed by atoms with Gasteiger partial charge in [-0.25, -0.2) is 0 Å². The number of fused-ring (bicyclic) bond motifs is 1. The molecule has 17 heavy (non-hydrogen) atoms. The Kier molecular flexibility index (Phi) is 3.67. The monoisotopic (exact) mass is 248 g/mol. The van der Waals surface area contributed by atoms with Crippen LogP contribution >= 0.6 is 12.2 Å². The number of nitrogens with one attached hydrogen (secondary N) is 1. The van der Waals surface area contributed by atoms with Crippen LogP contribution in [0.25, 0.3) is 11.0 Å².